The SMILES string of the molecule is CC(C)(C)C(=O)NCCC(=O)NCC(N)c1ccccc1. The van der Waals surface area contributed by atoms with Crippen LogP contribution in [-0.4, -0.2) is 24.9 Å². The molecule has 0 radical (unpaired) electrons. The molecule has 1 atom stereocenters. The molecule has 2 amide bonds. The molecule has 1 rings (SSSR count). The zero-order valence-electron chi connectivity index (χ0n) is 13.0. The molecule has 0 spiro atoms. The molecule has 1 aromatic rings. The predicted octanol–water partition coefficient (Wildman–Crippen LogP) is 1.36. The van der Waals surface area contributed by atoms with Crippen LogP contribution >= 0.6 is 0 Å². The van der Waals surface area contributed by atoms with Gasteiger partial charge in [0, 0.05) is 31.0 Å². The van der Waals surface area contributed by atoms with Gasteiger partial charge in [0.1, 0.15) is 0 Å². The first-order chi connectivity index (χ1) is 9.80. The molecule has 21 heavy (non-hydrogen) atoms. The Labute approximate surface area is 126 Å². The summed E-state index contributed by atoms with van der Waals surface area (Å²) in [4.78, 5) is 23.3. The Morgan fingerprint density at radius 1 is 1.14 bits per heavy atom. The first-order valence-corrected chi connectivity index (χ1v) is 7.16. The number of rotatable bonds is 6. The van der Waals surface area contributed by atoms with Gasteiger partial charge in [-0.3, -0.25) is 9.59 Å². The average molecular weight is 291 g/mol. The molecule has 116 valence electrons. The Morgan fingerprint density at radius 2 is 1.76 bits per heavy atom. The largest absolute Gasteiger partial charge is 0.355 e. The van der Waals surface area contributed by atoms with E-state index < -0.39 is 5.41 Å². The zero-order valence-corrected chi connectivity index (χ0v) is 13.0. The number of carbonyl (C=O) groups is 2. The lowest BCUT2D eigenvalue weighted by molar-refractivity contribution is -0.128. The van der Waals surface area contributed by atoms with Crippen molar-refractivity contribution in [3.63, 3.8) is 0 Å². The van der Waals surface area contributed by atoms with Gasteiger partial charge in [-0.15, -0.1) is 0 Å². The summed E-state index contributed by atoms with van der Waals surface area (Å²) >= 11 is 0. The van der Waals surface area contributed by atoms with Crippen molar-refractivity contribution in [2.24, 2.45) is 11.1 Å². The van der Waals surface area contributed by atoms with E-state index in [2.05, 4.69) is 10.6 Å². The second-order valence-corrected chi connectivity index (χ2v) is 6.08. The van der Waals surface area contributed by atoms with Crippen molar-refractivity contribution in [3.8, 4) is 0 Å². The van der Waals surface area contributed by atoms with Crippen molar-refractivity contribution in [1.29, 1.82) is 0 Å². The topological polar surface area (TPSA) is 84.2 Å². The van der Waals surface area contributed by atoms with Gasteiger partial charge in [0.25, 0.3) is 0 Å². The van der Waals surface area contributed by atoms with Crippen LogP contribution < -0.4 is 16.4 Å². The van der Waals surface area contributed by atoms with E-state index in [9.17, 15) is 9.59 Å². The van der Waals surface area contributed by atoms with E-state index >= 15 is 0 Å². The first-order valence-electron chi connectivity index (χ1n) is 7.16. The van der Waals surface area contributed by atoms with Crippen LogP contribution in [-0.2, 0) is 9.59 Å². The van der Waals surface area contributed by atoms with Crippen molar-refractivity contribution in [2.75, 3.05) is 13.1 Å². The van der Waals surface area contributed by atoms with Crippen molar-refractivity contribution in [2.45, 2.75) is 33.2 Å². The standard InChI is InChI=1S/C16H25N3O2/c1-16(2,3)15(21)18-10-9-14(20)19-11-13(17)12-7-5-4-6-8-12/h4-8,13H,9-11,17H2,1-3H3,(H,18,21)(H,19,20). The van der Waals surface area contributed by atoms with E-state index in [-0.39, 0.29) is 24.3 Å². The van der Waals surface area contributed by atoms with Crippen LogP contribution in [0.5, 0.6) is 0 Å². The molecule has 0 aromatic heterocycles. The molecule has 5 nitrogen and oxygen atoms in total. The number of hydrogen-bond donors (Lipinski definition) is 3. The van der Waals surface area contributed by atoms with Gasteiger partial charge in [-0.2, -0.15) is 0 Å². The summed E-state index contributed by atoms with van der Waals surface area (Å²) in [5, 5.41) is 5.52. The minimum absolute atomic E-state index is 0.0590. The molecule has 0 bridgehead atoms. The Morgan fingerprint density at radius 3 is 2.33 bits per heavy atom. The smallest absolute Gasteiger partial charge is 0.225 e. The van der Waals surface area contributed by atoms with E-state index in [1.54, 1.807) is 0 Å². The van der Waals surface area contributed by atoms with Crippen LogP contribution in [0.4, 0.5) is 0 Å². The van der Waals surface area contributed by atoms with Crippen molar-refractivity contribution in [3.05, 3.63) is 35.9 Å². The Hall–Kier alpha value is -1.88. The summed E-state index contributed by atoms with van der Waals surface area (Å²) in [5.74, 6) is -0.174. The summed E-state index contributed by atoms with van der Waals surface area (Å²) in [6.45, 7) is 6.22. The van der Waals surface area contributed by atoms with Gasteiger partial charge in [-0.05, 0) is 5.56 Å². The molecule has 0 heterocycles. The molecule has 0 aliphatic rings. The van der Waals surface area contributed by atoms with Crippen molar-refractivity contribution < 1.29 is 9.59 Å². The predicted molar refractivity (Wildman–Crippen MR) is 83.5 cm³/mol. The molecule has 0 fully saturated rings. The third kappa shape index (κ3) is 6.40. The summed E-state index contributed by atoms with van der Waals surface area (Å²) in [5.41, 5.74) is 6.54. The summed E-state index contributed by atoms with van der Waals surface area (Å²) in [6, 6.07) is 9.39. The lowest BCUT2D eigenvalue weighted by Gasteiger charge is -2.17. The van der Waals surface area contributed by atoms with Crippen LogP contribution in [0.2, 0.25) is 0 Å². The highest BCUT2D eigenvalue weighted by Crippen LogP contribution is 2.12. The van der Waals surface area contributed by atoms with E-state index in [1.165, 1.54) is 0 Å². The first kappa shape index (κ1) is 17.2. The fourth-order valence-corrected chi connectivity index (χ4v) is 1.68. The highest BCUT2D eigenvalue weighted by molar-refractivity contribution is 5.82. The van der Waals surface area contributed by atoms with Gasteiger partial charge in [0.05, 0.1) is 0 Å². The minimum Gasteiger partial charge on any atom is -0.355 e. The van der Waals surface area contributed by atoms with Gasteiger partial charge in [0.15, 0.2) is 0 Å². The third-order valence-corrected chi connectivity index (χ3v) is 3.07. The van der Waals surface area contributed by atoms with Crippen LogP contribution in [0.15, 0.2) is 30.3 Å². The van der Waals surface area contributed by atoms with Crippen molar-refractivity contribution >= 4 is 11.8 Å². The number of carbonyl (C=O) groups excluding carboxylic acids is 2. The maximum absolute atomic E-state index is 11.7. The van der Waals surface area contributed by atoms with Gasteiger partial charge in [0.2, 0.25) is 11.8 Å². The van der Waals surface area contributed by atoms with Crippen LogP contribution in [0.3, 0.4) is 0 Å². The number of nitrogens with one attached hydrogen (secondary N) is 2. The lowest BCUT2D eigenvalue weighted by atomic mass is 9.96. The van der Waals surface area contributed by atoms with Gasteiger partial charge in [-0.25, -0.2) is 0 Å². The molecule has 5 heteroatoms. The van der Waals surface area contributed by atoms with E-state index in [0.29, 0.717) is 13.1 Å². The summed E-state index contributed by atoms with van der Waals surface area (Å²) in [7, 11) is 0. The summed E-state index contributed by atoms with van der Waals surface area (Å²) < 4.78 is 0. The van der Waals surface area contributed by atoms with Gasteiger partial charge >= 0.3 is 0 Å². The van der Waals surface area contributed by atoms with Gasteiger partial charge in [-0.1, -0.05) is 51.1 Å². The van der Waals surface area contributed by atoms with Crippen LogP contribution in [0.1, 0.15) is 38.8 Å². The number of amides is 2. The molecule has 4 N–H and O–H groups in total. The molecule has 0 saturated carbocycles. The molecule has 0 aliphatic carbocycles. The molecule has 0 saturated heterocycles. The quantitative estimate of drug-likeness (QED) is 0.740. The average Bonchev–Trinajstić information content (AvgIpc) is 2.44. The Balaban J connectivity index is 2.24. The third-order valence-electron chi connectivity index (χ3n) is 3.07. The Bertz CT molecular complexity index is 466. The fraction of sp³-hybridized carbons (Fsp3) is 0.500. The summed E-state index contributed by atoms with van der Waals surface area (Å²) in [6.07, 6.45) is 0.253. The minimum atomic E-state index is -0.438. The molecular formula is C16H25N3O2. The lowest BCUT2D eigenvalue weighted by Crippen LogP contribution is -2.38. The zero-order chi connectivity index (χ0) is 15.9. The van der Waals surface area contributed by atoms with E-state index in [4.69, 9.17) is 5.73 Å². The monoisotopic (exact) mass is 291 g/mol. The fourth-order valence-electron chi connectivity index (χ4n) is 1.68. The van der Waals surface area contributed by atoms with Crippen LogP contribution in [0, 0.1) is 5.41 Å². The second-order valence-electron chi connectivity index (χ2n) is 6.08. The van der Waals surface area contributed by atoms with E-state index in [0.717, 1.165) is 5.56 Å². The molecular weight excluding hydrogens is 266 g/mol. The number of hydrogen-bond acceptors (Lipinski definition) is 3. The van der Waals surface area contributed by atoms with Gasteiger partial charge < -0.3 is 16.4 Å². The maximum Gasteiger partial charge on any atom is 0.225 e. The normalized spacial score (nSPS) is 12.6. The molecule has 0 aliphatic heterocycles. The second kappa shape index (κ2) is 7.78. The Kier molecular flexibility index (Phi) is 6.37. The molecule has 1 unspecified atom stereocenters. The number of benzene rings is 1. The van der Waals surface area contributed by atoms with Crippen molar-refractivity contribution in [1.82, 2.24) is 10.6 Å². The van der Waals surface area contributed by atoms with E-state index in [1.807, 2.05) is 51.1 Å². The van der Waals surface area contributed by atoms with Crippen LogP contribution in [0.25, 0.3) is 0 Å². The highest BCUT2D eigenvalue weighted by atomic mass is 16.2. The molecule has 1 aromatic carbocycles. The highest BCUT2D eigenvalue weighted by Gasteiger charge is 2.20. The number of nitrogens with two attached hydrogens (primary N) is 1. The maximum atomic E-state index is 11.7.